The molecule has 53 heavy (non-hydrogen) atoms. The molecule has 270 valence electrons. The summed E-state index contributed by atoms with van der Waals surface area (Å²) in [4.78, 5) is 59.9. The number of phenols is 1. The number of fused-ring (bicyclic) bond motifs is 4. The molecule has 4 aromatic rings. The third-order valence-electron chi connectivity index (χ3n) is 11.3. The molecule has 0 spiro atoms. The first kappa shape index (κ1) is 34.9. The molecule has 2 saturated heterocycles. The van der Waals surface area contributed by atoms with E-state index in [9.17, 15) is 23.9 Å². The molecule has 4 aliphatic rings. The van der Waals surface area contributed by atoms with Crippen LogP contribution in [0.15, 0.2) is 96.6 Å². The summed E-state index contributed by atoms with van der Waals surface area (Å²) in [6, 6.07) is 22.0. The average Bonchev–Trinajstić information content (AvgIpc) is 3.52. The van der Waals surface area contributed by atoms with Gasteiger partial charge in [0.1, 0.15) is 5.82 Å². The fourth-order valence-corrected chi connectivity index (χ4v) is 9.29. The van der Waals surface area contributed by atoms with E-state index in [-0.39, 0.29) is 36.9 Å². The predicted octanol–water partition coefficient (Wildman–Crippen LogP) is 7.73. The first-order chi connectivity index (χ1) is 25.4. The highest BCUT2D eigenvalue weighted by Crippen LogP contribution is 2.64. The number of aromatic hydroxyl groups is 1. The molecule has 2 aliphatic heterocycles. The zero-order chi connectivity index (χ0) is 37.3. The standard InChI is InChI=1S/C41H34Cl2FN3O6/c1-3-53-34-18-22(5-17-33(34)48)36-28-15-16-29-35(39(51)46(37(29)49)27-14-4-21(2)32(43)19-27)30(28)20-31-38(50)47(45-26-12-10-25(44)11-13-26)40(52)41(31,36)23-6-8-24(42)9-7-23/h4-15,17-19,29-31,35-36,45,48H,3,16,20H2,1-2H3/t29-,30+,31-,35-,36-,41+/m0/s1. The topological polar surface area (TPSA) is 116 Å². The van der Waals surface area contributed by atoms with Gasteiger partial charge in [0.2, 0.25) is 11.8 Å². The van der Waals surface area contributed by atoms with Crippen molar-refractivity contribution < 1.29 is 33.4 Å². The van der Waals surface area contributed by atoms with Gasteiger partial charge in [-0.25, -0.2) is 9.29 Å². The van der Waals surface area contributed by atoms with E-state index >= 15 is 4.79 Å². The Balaban J connectivity index is 1.33. The number of hydrogen-bond acceptors (Lipinski definition) is 7. The Morgan fingerprint density at radius 1 is 0.906 bits per heavy atom. The summed E-state index contributed by atoms with van der Waals surface area (Å²) < 4.78 is 19.7. The van der Waals surface area contributed by atoms with Crippen LogP contribution in [-0.4, -0.2) is 40.4 Å². The number of amides is 4. The largest absolute Gasteiger partial charge is 0.504 e. The van der Waals surface area contributed by atoms with Gasteiger partial charge in [-0.15, -0.1) is 0 Å². The van der Waals surface area contributed by atoms with E-state index in [1.165, 1.54) is 35.2 Å². The van der Waals surface area contributed by atoms with Gasteiger partial charge < -0.3 is 9.84 Å². The number of nitrogens with zero attached hydrogens (tertiary/aromatic N) is 2. The summed E-state index contributed by atoms with van der Waals surface area (Å²) in [5.74, 6) is -6.24. The Labute approximate surface area is 314 Å². The monoisotopic (exact) mass is 753 g/mol. The summed E-state index contributed by atoms with van der Waals surface area (Å²) in [7, 11) is 0. The first-order valence-corrected chi connectivity index (χ1v) is 18.2. The average molecular weight is 755 g/mol. The number of nitrogens with one attached hydrogen (secondary N) is 1. The highest BCUT2D eigenvalue weighted by Gasteiger charge is 2.70. The molecule has 4 amide bonds. The van der Waals surface area contributed by atoms with Gasteiger partial charge in [0.25, 0.3) is 11.8 Å². The number of imide groups is 2. The lowest BCUT2D eigenvalue weighted by Crippen LogP contribution is -2.53. The lowest BCUT2D eigenvalue weighted by atomic mass is 9.49. The molecule has 9 nitrogen and oxygen atoms in total. The lowest BCUT2D eigenvalue weighted by Gasteiger charge is -2.50. The molecule has 2 heterocycles. The van der Waals surface area contributed by atoms with E-state index in [2.05, 4.69) is 5.43 Å². The van der Waals surface area contributed by atoms with Gasteiger partial charge in [0.15, 0.2) is 11.5 Å². The predicted molar refractivity (Wildman–Crippen MR) is 197 cm³/mol. The van der Waals surface area contributed by atoms with Gasteiger partial charge in [-0.1, -0.05) is 59.1 Å². The molecular weight excluding hydrogens is 720 g/mol. The summed E-state index contributed by atoms with van der Waals surface area (Å²) in [6.07, 6.45) is 2.25. The summed E-state index contributed by atoms with van der Waals surface area (Å²) >= 11 is 12.8. The van der Waals surface area contributed by atoms with Gasteiger partial charge in [-0.05, 0) is 110 Å². The third kappa shape index (κ3) is 5.33. The fraction of sp³-hybridized carbons (Fsp3) is 0.268. The number of anilines is 2. The molecule has 0 radical (unpaired) electrons. The maximum Gasteiger partial charge on any atom is 0.260 e. The third-order valence-corrected chi connectivity index (χ3v) is 11.9. The molecule has 4 aromatic carbocycles. The quantitative estimate of drug-likeness (QED) is 0.147. The minimum absolute atomic E-state index is 0.0796. The van der Waals surface area contributed by atoms with Crippen LogP contribution in [0, 0.1) is 36.4 Å². The van der Waals surface area contributed by atoms with Crippen LogP contribution in [0.5, 0.6) is 11.5 Å². The summed E-state index contributed by atoms with van der Waals surface area (Å²) in [5, 5.41) is 12.6. The second-order valence-corrected chi connectivity index (χ2v) is 14.8. The van der Waals surface area contributed by atoms with Crippen LogP contribution in [0.3, 0.4) is 0 Å². The zero-order valence-corrected chi connectivity index (χ0v) is 30.2. The van der Waals surface area contributed by atoms with Gasteiger partial charge >= 0.3 is 0 Å². The van der Waals surface area contributed by atoms with Crippen LogP contribution in [-0.2, 0) is 24.6 Å². The maximum atomic E-state index is 15.3. The highest BCUT2D eigenvalue weighted by atomic mass is 35.5. The Kier molecular flexibility index (Phi) is 8.58. The van der Waals surface area contributed by atoms with E-state index < -0.39 is 58.5 Å². The normalized spacial score (nSPS) is 26.3. The number of carbonyl (C=O) groups is 4. The molecule has 2 aliphatic carbocycles. The fourth-order valence-electron chi connectivity index (χ4n) is 8.99. The second-order valence-electron chi connectivity index (χ2n) is 14.0. The number of carbonyl (C=O) groups excluding carboxylic acids is 4. The van der Waals surface area contributed by atoms with Gasteiger partial charge in [-0.2, -0.15) is 5.01 Å². The Morgan fingerprint density at radius 2 is 1.64 bits per heavy atom. The van der Waals surface area contributed by atoms with Crippen molar-refractivity contribution >= 4 is 58.2 Å². The summed E-state index contributed by atoms with van der Waals surface area (Å²) in [5.41, 5.74) is 4.69. The van der Waals surface area contributed by atoms with E-state index in [1.807, 2.05) is 13.0 Å². The first-order valence-electron chi connectivity index (χ1n) is 17.4. The molecule has 8 rings (SSSR count). The van der Waals surface area contributed by atoms with Gasteiger partial charge in [0, 0.05) is 16.0 Å². The SMILES string of the molecule is CCOc1cc([C@H]2C3=CC[C@@H]4C(=O)N(c5ccc(C)c(Cl)c5)C(=O)[C@@H]4[C@@H]3C[C@H]3C(=O)N(Nc4ccc(F)cc4)C(=O)[C@@]23c2ccc(Cl)cc2)ccc1O. The Hall–Kier alpha value is -5.19. The van der Waals surface area contributed by atoms with Crippen molar-refractivity contribution in [3.63, 3.8) is 0 Å². The van der Waals surface area contributed by atoms with Gasteiger partial charge in [-0.3, -0.25) is 24.6 Å². The van der Waals surface area contributed by atoms with Gasteiger partial charge in [0.05, 0.1) is 41.2 Å². The number of ether oxygens (including phenoxy) is 1. The molecule has 12 heteroatoms. The summed E-state index contributed by atoms with van der Waals surface area (Å²) in [6.45, 7) is 3.87. The van der Waals surface area contributed by atoms with Crippen LogP contribution in [0.2, 0.25) is 10.0 Å². The van der Waals surface area contributed by atoms with Crippen LogP contribution in [0.4, 0.5) is 15.8 Å². The van der Waals surface area contributed by atoms with Crippen LogP contribution in [0.25, 0.3) is 0 Å². The van der Waals surface area contributed by atoms with E-state index in [0.717, 1.165) is 16.1 Å². The molecule has 0 bridgehead atoms. The highest BCUT2D eigenvalue weighted by molar-refractivity contribution is 6.32. The van der Waals surface area contributed by atoms with Crippen molar-refractivity contribution in [3.05, 3.63) is 129 Å². The smallest absolute Gasteiger partial charge is 0.260 e. The molecule has 3 fully saturated rings. The lowest BCUT2D eigenvalue weighted by molar-refractivity contribution is -0.138. The maximum absolute atomic E-state index is 15.3. The number of halogens is 3. The minimum atomic E-state index is -1.57. The number of hydrogen-bond donors (Lipinski definition) is 2. The van der Waals surface area contributed by atoms with Crippen LogP contribution in [0.1, 0.15) is 42.4 Å². The molecule has 0 unspecified atom stereocenters. The van der Waals surface area contributed by atoms with Crippen molar-refractivity contribution in [3.8, 4) is 11.5 Å². The molecule has 6 atom stereocenters. The molecule has 1 saturated carbocycles. The van der Waals surface area contributed by atoms with Crippen molar-refractivity contribution in [2.75, 3.05) is 16.9 Å². The number of rotatable bonds is 7. The number of phenolic OH excluding ortho intramolecular Hbond substituents is 1. The van der Waals surface area contributed by atoms with Crippen molar-refractivity contribution in [1.29, 1.82) is 0 Å². The van der Waals surface area contributed by atoms with Crippen LogP contribution >= 0.6 is 23.2 Å². The van der Waals surface area contributed by atoms with Crippen LogP contribution < -0.4 is 15.1 Å². The number of hydrazine groups is 1. The van der Waals surface area contributed by atoms with Crippen molar-refractivity contribution in [2.45, 2.75) is 38.0 Å². The number of allylic oxidation sites excluding steroid dienone is 2. The second kappa shape index (κ2) is 13.0. The zero-order valence-electron chi connectivity index (χ0n) is 28.7. The Bertz CT molecular complexity index is 2230. The number of benzene rings is 4. The molecule has 0 aromatic heterocycles. The van der Waals surface area contributed by atoms with E-state index in [0.29, 0.717) is 32.5 Å². The molecular formula is C41H34Cl2FN3O6. The van der Waals surface area contributed by atoms with E-state index in [1.54, 1.807) is 61.5 Å². The van der Waals surface area contributed by atoms with E-state index in [4.69, 9.17) is 27.9 Å². The Morgan fingerprint density at radius 3 is 2.34 bits per heavy atom. The molecule has 2 N–H and O–H groups in total. The minimum Gasteiger partial charge on any atom is -0.504 e. The number of aryl methyl sites for hydroxylation is 1. The van der Waals surface area contributed by atoms with Crippen molar-refractivity contribution in [2.24, 2.45) is 23.7 Å². The van der Waals surface area contributed by atoms with Crippen molar-refractivity contribution in [1.82, 2.24) is 5.01 Å².